The minimum Gasteiger partial charge on any atom is -0.508 e. The summed E-state index contributed by atoms with van der Waals surface area (Å²) in [6.07, 6.45) is 5.73. The van der Waals surface area contributed by atoms with Crippen LogP contribution in [0, 0.1) is 6.92 Å². The molecular formula is C24H27N3O2S2. The van der Waals surface area contributed by atoms with Gasteiger partial charge in [-0.3, -0.25) is 5.32 Å². The van der Waals surface area contributed by atoms with E-state index in [9.17, 15) is 9.90 Å². The van der Waals surface area contributed by atoms with Crippen molar-refractivity contribution in [3.63, 3.8) is 0 Å². The second-order valence-corrected chi connectivity index (χ2v) is 10.5. The van der Waals surface area contributed by atoms with Crippen LogP contribution in [0.4, 0.5) is 9.80 Å². The quantitative estimate of drug-likeness (QED) is 0.431. The van der Waals surface area contributed by atoms with Gasteiger partial charge >= 0.3 is 6.03 Å². The molecule has 1 aromatic carbocycles. The van der Waals surface area contributed by atoms with E-state index >= 15 is 0 Å². The number of urea groups is 1. The number of carbonyl (C=O) groups excluding carboxylic acids is 1. The van der Waals surface area contributed by atoms with Gasteiger partial charge in [-0.15, -0.1) is 22.7 Å². The van der Waals surface area contributed by atoms with Crippen LogP contribution in [0.5, 0.6) is 5.75 Å². The molecule has 0 radical (unpaired) electrons. The molecule has 2 amide bonds. The highest BCUT2D eigenvalue weighted by Crippen LogP contribution is 2.39. The Labute approximate surface area is 190 Å². The van der Waals surface area contributed by atoms with Gasteiger partial charge in [-0.2, -0.15) is 0 Å². The molecule has 0 bridgehead atoms. The average Bonchev–Trinajstić information content (AvgIpc) is 3.31. The van der Waals surface area contributed by atoms with Crippen molar-refractivity contribution in [2.75, 3.05) is 11.9 Å². The molecule has 0 saturated carbocycles. The van der Waals surface area contributed by atoms with E-state index in [0.29, 0.717) is 6.54 Å². The summed E-state index contributed by atoms with van der Waals surface area (Å²) in [7, 11) is 0. The lowest BCUT2D eigenvalue weighted by Gasteiger charge is -2.15. The molecule has 5 rings (SSSR count). The number of phenols is 1. The van der Waals surface area contributed by atoms with Crippen molar-refractivity contribution in [2.45, 2.75) is 52.1 Å². The maximum atomic E-state index is 12.8. The van der Waals surface area contributed by atoms with Gasteiger partial charge in [0, 0.05) is 27.7 Å². The molecule has 3 aromatic rings. The number of nitrogens with one attached hydrogen (secondary N) is 3. The summed E-state index contributed by atoms with van der Waals surface area (Å²) >= 11 is 3.52. The van der Waals surface area contributed by atoms with Crippen LogP contribution in [0.2, 0.25) is 0 Å². The van der Waals surface area contributed by atoms with Crippen LogP contribution >= 0.6 is 22.7 Å². The van der Waals surface area contributed by atoms with Crippen molar-refractivity contribution >= 4 is 33.7 Å². The Morgan fingerprint density at radius 2 is 1.87 bits per heavy atom. The Kier molecular flexibility index (Phi) is 5.73. The molecule has 162 valence electrons. The van der Waals surface area contributed by atoms with Gasteiger partial charge in [0.2, 0.25) is 0 Å². The summed E-state index contributed by atoms with van der Waals surface area (Å²) in [5, 5.41) is 20.3. The Morgan fingerprint density at radius 3 is 2.68 bits per heavy atom. The van der Waals surface area contributed by atoms with Crippen LogP contribution in [-0.2, 0) is 32.4 Å². The molecule has 1 aliphatic carbocycles. The number of phenolic OH excluding ortho intramolecular Hbond substituents is 1. The average molecular weight is 454 g/mol. The van der Waals surface area contributed by atoms with E-state index < -0.39 is 0 Å². The number of amides is 2. The molecule has 0 spiro atoms. The molecule has 0 fully saturated rings. The van der Waals surface area contributed by atoms with E-state index in [1.807, 2.05) is 12.1 Å². The van der Waals surface area contributed by atoms with Crippen molar-refractivity contribution in [2.24, 2.45) is 0 Å². The number of benzene rings is 1. The zero-order valence-corrected chi connectivity index (χ0v) is 19.3. The summed E-state index contributed by atoms with van der Waals surface area (Å²) < 4.78 is 0. The molecule has 7 heteroatoms. The van der Waals surface area contributed by atoms with Crippen LogP contribution in [0.25, 0.3) is 10.4 Å². The zero-order chi connectivity index (χ0) is 21.4. The first-order chi connectivity index (χ1) is 15.1. The number of aryl methyl sites for hydroxylation is 1. The topological polar surface area (TPSA) is 73.4 Å². The molecule has 2 aliphatic rings. The third-order valence-electron chi connectivity index (χ3n) is 6.26. The standard InChI is InChI=1S/C24H27N3O2S2/c1-14-17-4-2-3-5-20(17)31-23(14)27-24(29)26-12-19-18-10-11-25-13-21(18)30-22(19)15-6-8-16(28)9-7-15/h6-9,25,28H,2-5,10-13H2,1H3,(H2,26,27,29). The molecule has 31 heavy (non-hydrogen) atoms. The maximum Gasteiger partial charge on any atom is 0.320 e. The molecule has 0 atom stereocenters. The van der Waals surface area contributed by atoms with Crippen molar-refractivity contribution in [3.8, 4) is 16.2 Å². The van der Waals surface area contributed by atoms with Crippen LogP contribution in [0.15, 0.2) is 24.3 Å². The van der Waals surface area contributed by atoms with E-state index in [2.05, 4.69) is 22.9 Å². The Morgan fingerprint density at radius 1 is 1.06 bits per heavy atom. The van der Waals surface area contributed by atoms with Gasteiger partial charge in [0.25, 0.3) is 0 Å². The molecular weight excluding hydrogens is 426 g/mol. The number of fused-ring (bicyclic) bond motifs is 2. The fourth-order valence-electron chi connectivity index (χ4n) is 4.59. The van der Waals surface area contributed by atoms with Gasteiger partial charge in [-0.25, -0.2) is 4.79 Å². The van der Waals surface area contributed by atoms with Crippen LogP contribution in [0.3, 0.4) is 0 Å². The minimum atomic E-state index is -0.146. The summed E-state index contributed by atoms with van der Waals surface area (Å²) in [5.74, 6) is 0.264. The first-order valence-electron chi connectivity index (χ1n) is 10.9. The first kappa shape index (κ1) is 20.5. The number of rotatable bonds is 4. The Bertz CT molecular complexity index is 1120. The van der Waals surface area contributed by atoms with Gasteiger partial charge in [0.1, 0.15) is 5.75 Å². The monoisotopic (exact) mass is 453 g/mol. The van der Waals surface area contributed by atoms with E-state index in [-0.39, 0.29) is 11.8 Å². The van der Waals surface area contributed by atoms with Crippen molar-refractivity contribution < 1.29 is 9.90 Å². The maximum absolute atomic E-state index is 12.8. The highest BCUT2D eigenvalue weighted by Gasteiger charge is 2.23. The number of carbonyl (C=O) groups is 1. The molecule has 3 heterocycles. The number of thiophene rings is 2. The molecule has 5 nitrogen and oxygen atoms in total. The second-order valence-electron chi connectivity index (χ2n) is 8.26. The lowest BCUT2D eigenvalue weighted by molar-refractivity contribution is 0.252. The fourth-order valence-corrected chi connectivity index (χ4v) is 7.22. The van der Waals surface area contributed by atoms with Crippen molar-refractivity contribution in [3.05, 3.63) is 56.3 Å². The van der Waals surface area contributed by atoms with Gasteiger partial charge in [-0.05, 0) is 97.7 Å². The predicted octanol–water partition coefficient (Wildman–Crippen LogP) is 5.34. The summed E-state index contributed by atoms with van der Waals surface area (Å²) in [5.41, 5.74) is 6.31. The minimum absolute atomic E-state index is 0.146. The van der Waals surface area contributed by atoms with Crippen LogP contribution in [0.1, 0.15) is 44.8 Å². The smallest absolute Gasteiger partial charge is 0.320 e. The fraction of sp³-hybridized carbons (Fsp3) is 0.375. The number of hydrogen-bond donors (Lipinski definition) is 4. The summed E-state index contributed by atoms with van der Waals surface area (Å²) in [6, 6.07) is 7.19. The van der Waals surface area contributed by atoms with Crippen molar-refractivity contribution in [1.29, 1.82) is 0 Å². The molecule has 1 aliphatic heterocycles. The Balaban J connectivity index is 1.35. The molecule has 0 unspecified atom stereocenters. The Hall–Kier alpha value is -2.35. The van der Waals surface area contributed by atoms with E-state index in [0.717, 1.165) is 42.9 Å². The van der Waals surface area contributed by atoms with Crippen LogP contribution < -0.4 is 16.0 Å². The summed E-state index contributed by atoms with van der Waals surface area (Å²) in [6.45, 7) is 4.45. The number of aromatic hydroxyl groups is 1. The zero-order valence-electron chi connectivity index (χ0n) is 17.6. The van der Waals surface area contributed by atoms with Gasteiger partial charge in [0.15, 0.2) is 0 Å². The third kappa shape index (κ3) is 4.10. The normalized spacial score (nSPS) is 15.3. The summed E-state index contributed by atoms with van der Waals surface area (Å²) in [4.78, 5) is 16.7. The largest absolute Gasteiger partial charge is 0.508 e. The molecule has 2 aromatic heterocycles. The highest BCUT2D eigenvalue weighted by atomic mass is 32.1. The van der Waals surface area contributed by atoms with Gasteiger partial charge < -0.3 is 15.7 Å². The van der Waals surface area contributed by atoms with Gasteiger partial charge in [0.05, 0.1) is 5.00 Å². The van der Waals surface area contributed by atoms with Gasteiger partial charge in [-0.1, -0.05) is 0 Å². The number of anilines is 1. The highest BCUT2D eigenvalue weighted by molar-refractivity contribution is 7.16. The molecule has 0 saturated heterocycles. The first-order valence-corrected chi connectivity index (χ1v) is 12.5. The lowest BCUT2D eigenvalue weighted by atomic mass is 9.96. The lowest BCUT2D eigenvalue weighted by Crippen LogP contribution is -2.29. The van der Waals surface area contributed by atoms with E-state index in [4.69, 9.17) is 0 Å². The SMILES string of the molecule is Cc1c(NC(=O)NCc2c(-c3ccc(O)cc3)sc3c2CCNC3)sc2c1CCCC2. The van der Waals surface area contributed by atoms with Crippen LogP contribution in [-0.4, -0.2) is 17.7 Å². The van der Waals surface area contributed by atoms with E-state index in [1.54, 1.807) is 34.8 Å². The number of hydrogen-bond acceptors (Lipinski definition) is 5. The predicted molar refractivity (Wildman–Crippen MR) is 128 cm³/mol. The van der Waals surface area contributed by atoms with E-state index in [1.165, 1.54) is 49.7 Å². The second kappa shape index (κ2) is 8.65. The van der Waals surface area contributed by atoms with Crippen molar-refractivity contribution in [1.82, 2.24) is 10.6 Å². The molecule has 4 N–H and O–H groups in total. The third-order valence-corrected chi connectivity index (χ3v) is 8.89.